The highest BCUT2D eigenvalue weighted by molar-refractivity contribution is 6.13. The molecule has 4 heterocycles. The molecule has 8 nitrogen and oxygen atoms in total. The lowest BCUT2D eigenvalue weighted by Crippen LogP contribution is -2.35. The maximum absolute atomic E-state index is 15.0. The Morgan fingerprint density at radius 2 is 2.00 bits per heavy atom. The van der Waals surface area contributed by atoms with Crippen molar-refractivity contribution in [3.05, 3.63) is 59.5 Å². The molecule has 0 aliphatic carbocycles. The topological polar surface area (TPSA) is 117 Å². The Morgan fingerprint density at radius 1 is 1.20 bits per heavy atom. The quantitative estimate of drug-likeness (QED) is 0.505. The molecule has 1 unspecified atom stereocenters. The number of rotatable bonds is 5. The van der Waals surface area contributed by atoms with Gasteiger partial charge in [-0.25, -0.2) is 19.4 Å². The van der Waals surface area contributed by atoms with E-state index in [1.165, 1.54) is 12.3 Å². The van der Waals surface area contributed by atoms with Gasteiger partial charge in [0.1, 0.15) is 11.6 Å². The number of carbonyl (C=O) groups is 1. The van der Waals surface area contributed by atoms with Gasteiger partial charge in [-0.3, -0.25) is 4.79 Å². The Morgan fingerprint density at radius 3 is 2.69 bits per heavy atom. The molecule has 2 aromatic heterocycles. The van der Waals surface area contributed by atoms with Crippen LogP contribution < -0.4 is 16.0 Å². The van der Waals surface area contributed by atoms with E-state index in [4.69, 9.17) is 5.73 Å². The van der Waals surface area contributed by atoms with Crippen molar-refractivity contribution in [2.24, 2.45) is 10.7 Å². The van der Waals surface area contributed by atoms with E-state index in [9.17, 15) is 14.3 Å². The fraction of sp³-hybridized carbons (Fsp3) is 0.308. The molecule has 1 aromatic carbocycles. The molecule has 1 fully saturated rings. The first-order chi connectivity index (χ1) is 16.9. The van der Waals surface area contributed by atoms with Crippen LogP contribution in [0, 0.1) is 5.82 Å². The number of fused-ring (bicyclic) bond motifs is 1. The number of anilines is 3. The Hall–Kier alpha value is -3.69. The normalized spacial score (nSPS) is 16.8. The standard InChI is InChI=1S/C26H27FN6O2/c1-15(28)16-2-4-19(20(27)12-16)21-13-22(25-23(35)6-9-29-26(25)32-21)31-24-5-3-17(14-30-24)33-10-7-18(34)8-11-33/h2-5,9,12-15,18,34H,6-8,10-11,28H2,1H3,(H,30,31,32). The van der Waals surface area contributed by atoms with E-state index in [0.29, 0.717) is 33.9 Å². The summed E-state index contributed by atoms with van der Waals surface area (Å²) in [5.41, 5.74) is 9.02. The highest BCUT2D eigenvalue weighted by Gasteiger charge is 2.24. The number of aliphatic hydroxyl groups is 1. The molecule has 35 heavy (non-hydrogen) atoms. The second kappa shape index (κ2) is 9.52. The molecule has 5 rings (SSSR count). The number of Topliss-reactive ketones (excluding diaryl/α,β-unsaturated/α-hetero) is 1. The van der Waals surface area contributed by atoms with Crippen molar-refractivity contribution in [3.63, 3.8) is 0 Å². The third-order valence-corrected chi connectivity index (χ3v) is 6.40. The molecular formula is C26H27FN6O2. The molecule has 0 bridgehead atoms. The van der Waals surface area contributed by atoms with E-state index in [2.05, 4.69) is 25.2 Å². The number of halogens is 1. The van der Waals surface area contributed by atoms with E-state index in [0.717, 1.165) is 31.6 Å². The number of nitrogens with one attached hydrogen (secondary N) is 1. The van der Waals surface area contributed by atoms with Crippen molar-refractivity contribution in [1.29, 1.82) is 0 Å². The molecule has 0 saturated carbocycles. The van der Waals surface area contributed by atoms with Crippen LogP contribution in [0.15, 0.2) is 47.6 Å². The van der Waals surface area contributed by atoms with Gasteiger partial charge in [0.05, 0.1) is 34.9 Å². The number of ketones is 1. The van der Waals surface area contributed by atoms with Gasteiger partial charge >= 0.3 is 0 Å². The molecule has 2 aliphatic rings. The lowest BCUT2D eigenvalue weighted by atomic mass is 10.0. The van der Waals surface area contributed by atoms with Gasteiger partial charge in [0.15, 0.2) is 11.6 Å². The monoisotopic (exact) mass is 474 g/mol. The second-order valence-corrected chi connectivity index (χ2v) is 8.97. The number of pyridine rings is 2. The van der Waals surface area contributed by atoms with Crippen molar-refractivity contribution in [3.8, 4) is 11.3 Å². The van der Waals surface area contributed by atoms with Crippen LogP contribution in [0.2, 0.25) is 0 Å². The molecule has 3 aromatic rings. The summed E-state index contributed by atoms with van der Waals surface area (Å²) in [4.78, 5) is 28.2. The molecule has 2 aliphatic heterocycles. The summed E-state index contributed by atoms with van der Waals surface area (Å²) in [6.45, 7) is 3.34. The van der Waals surface area contributed by atoms with E-state index in [1.807, 2.05) is 12.1 Å². The Balaban J connectivity index is 1.48. The van der Waals surface area contributed by atoms with Crippen LogP contribution in [0.5, 0.6) is 0 Å². The van der Waals surface area contributed by atoms with Crippen LogP contribution in [-0.2, 0) is 0 Å². The Bertz CT molecular complexity index is 1280. The van der Waals surface area contributed by atoms with Crippen molar-refractivity contribution < 1.29 is 14.3 Å². The summed E-state index contributed by atoms with van der Waals surface area (Å²) in [6.07, 6.45) is 4.68. The van der Waals surface area contributed by atoms with Crippen molar-refractivity contribution in [2.45, 2.75) is 38.3 Å². The highest BCUT2D eigenvalue weighted by Crippen LogP contribution is 2.36. The van der Waals surface area contributed by atoms with E-state index < -0.39 is 5.82 Å². The molecule has 9 heteroatoms. The first-order valence-electron chi connectivity index (χ1n) is 11.7. The molecule has 1 atom stereocenters. The van der Waals surface area contributed by atoms with E-state index in [1.54, 1.807) is 31.3 Å². The number of benzene rings is 1. The number of carbonyl (C=O) groups excluding carboxylic acids is 1. The summed E-state index contributed by atoms with van der Waals surface area (Å²) in [6, 6.07) is 9.97. The fourth-order valence-corrected chi connectivity index (χ4v) is 4.38. The zero-order valence-electron chi connectivity index (χ0n) is 19.4. The third-order valence-electron chi connectivity index (χ3n) is 6.40. The maximum atomic E-state index is 15.0. The molecule has 0 radical (unpaired) electrons. The lowest BCUT2D eigenvalue weighted by molar-refractivity contribution is 0.100. The number of aromatic nitrogens is 2. The number of nitrogens with two attached hydrogens (primary N) is 1. The van der Waals surface area contributed by atoms with Crippen LogP contribution in [0.4, 0.5) is 27.4 Å². The lowest BCUT2D eigenvalue weighted by Gasteiger charge is -2.31. The molecule has 0 amide bonds. The second-order valence-electron chi connectivity index (χ2n) is 8.97. The SMILES string of the molecule is CC(N)c1ccc(-c2cc(Nc3ccc(N4CCC(O)CC4)cn3)c3c(n2)N=CCC3=O)c(F)c1. The average molecular weight is 475 g/mol. The smallest absolute Gasteiger partial charge is 0.174 e. The number of piperidine rings is 1. The zero-order chi connectivity index (χ0) is 24.5. The minimum Gasteiger partial charge on any atom is -0.393 e. The van der Waals surface area contributed by atoms with Crippen LogP contribution in [-0.4, -0.2) is 46.3 Å². The number of hydrogen-bond acceptors (Lipinski definition) is 8. The highest BCUT2D eigenvalue weighted by atomic mass is 19.1. The summed E-state index contributed by atoms with van der Waals surface area (Å²) >= 11 is 0. The van der Waals surface area contributed by atoms with Crippen molar-refractivity contribution >= 4 is 35.0 Å². The minimum absolute atomic E-state index is 0.118. The number of aliphatic hydroxyl groups excluding tert-OH is 1. The summed E-state index contributed by atoms with van der Waals surface area (Å²) < 4.78 is 15.0. The summed E-state index contributed by atoms with van der Waals surface area (Å²) in [5, 5.41) is 12.9. The van der Waals surface area contributed by atoms with E-state index >= 15 is 0 Å². The van der Waals surface area contributed by atoms with Crippen LogP contribution in [0.1, 0.15) is 48.1 Å². The number of hydrogen-bond donors (Lipinski definition) is 3. The van der Waals surface area contributed by atoms with Gasteiger partial charge in [-0.1, -0.05) is 6.07 Å². The molecule has 0 spiro atoms. The van der Waals surface area contributed by atoms with Gasteiger partial charge in [-0.2, -0.15) is 0 Å². The summed E-state index contributed by atoms with van der Waals surface area (Å²) in [7, 11) is 0. The first-order valence-corrected chi connectivity index (χ1v) is 11.7. The van der Waals surface area contributed by atoms with Gasteiger partial charge in [-0.05, 0) is 55.7 Å². The van der Waals surface area contributed by atoms with Crippen molar-refractivity contribution in [1.82, 2.24) is 9.97 Å². The summed E-state index contributed by atoms with van der Waals surface area (Å²) in [5.74, 6) is 0.229. The number of aliphatic imine (C=N–C) groups is 1. The Labute approximate surface area is 202 Å². The molecule has 180 valence electrons. The van der Waals surface area contributed by atoms with Crippen LogP contribution in [0.25, 0.3) is 11.3 Å². The molecule has 1 saturated heterocycles. The molecular weight excluding hydrogens is 447 g/mol. The van der Waals surface area contributed by atoms with Gasteiger partial charge < -0.3 is 21.1 Å². The van der Waals surface area contributed by atoms with Crippen LogP contribution in [0.3, 0.4) is 0 Å². The van der Waals surface area contributed by atoms with Gasteiger partial charge in [0.2, 0.25) is 0 Å². The van der Waals surface area contributed by atoms with Crippen LogP contribution >= 0.6 is 0 Å². The Kier molecular flexibility index (Phi) is 6.27. The fourth-order valence-electron chi connectivity index (χ4n) is 4.38. The molecule has 4 N–H and O–H groups in total. The zero-order valence-corrected chi connectivity index (χ0v) is 19.4. The van der Waals surface area contributed by atoms with E-state index in [-0.39, 0.29) is 30.2 Å². The minimum atomic E-state index is -0.446. The predicted molar refractivity (Wildman–Crippen MR) is 134 cm³/mol. The van der Waals surface area contributed by atoms with Crippen molar-refractivity contribution in [2.75, 3.05) is 23.3 Å². The third kappa shape index (κ3) is 4.78. The largest absolute Gasteiger partial charge is 0.393 e. The van der Waals surface area contributed by atoms with Gasteiger partial charge in [-0.15, -0.1) is 0 Å². The maximum Gasteiger partial charge on any atom is 0.174 e. The number of nitrogens with zero attached hydrogens (tertiary/aromatic N) is 4. The average Bonchev–Trinajstić information content (AvgIpc) is 2.85. The van der Waals surface area contributed by atoms with Gasteiger partial charge in [0.25, 0.3) is 0 Å². The van der Waals surface area contributed by atoms with Gasteiger partial charge in [0, 0.05) is 37.3 Å². The predicted octanol–water partition coefficient (Wildman–Crippen LogP) is 4.30. The first kappa shape index (κ1) is 23.1.